The minimum Gasteiger partial charge on any atom is -0.465 e. The minimum atomic E-state index is -1.08. The lowest BCUT2D eigenvalue weighted by Crippen LogP contribution is -2.47. The van der Waals surface area contributed by atoms with Crippen molar-refractivity contribution >= 4 is 23.7 Å². The summed E-state index contributed by atoms with van der Waals surface area (Å²) in [5, 5.41) is 11.5. The van der Waals surface area contributed by atoms with Gasteiger partial charge in [0.05, 0.1) is 23.3 Å². The van der Waals surface area contributed by atoms with Gasteiger partial charge in [-0.3, -0.25) is 0 Å². The largest absolute Gasteiger partial charge is 0.465 e. The molecule has 33 heavy (non-hydrogen) atoms. The molecule has 1 heterocycles. The molecule has 0 unspecified atom stereocenters. The average molecular weight is 472 g/mol. The van der Waals surface area contributed by atoms with Crippen LogP contribution in [-0.4, -0.2) is 35.0 Å². The topological polar surface area (TPSA) is 104 Å². The van der Waals surface area contributed by atoms with Gasteiger partial charge in [0.2, 0.25) is 11.8 Å². The van der Waals surface area contributed by atoms with E-state index in [1.165, 1.54) is 13.2 Å². The highest BCUT2D eigenvalue weighted by molar-refractivity contribution is 6.33. The maximum absolute atomic E-state index is 12.6. The molecule has 0 aliphatic carbocycles. The lowest BCUT2D eigenvalue weighted by molar-refractivity contribution is 0.0443. The van der Waals surface area contributed by atoms with Crippen LogP contribution in [0.25, 0.3) is 11.5 Å². The zero-order chi connectivity index (χ0) is 24.2. The van der Waals surface area contributed by atoms with E-state index in [1.807, 2.05) is 30.3 Å². The van der Waals surface area contributed by atoms with E-state index in [0.717, 1.165) is 5.56 Å². The Kier molecular flexibility index (Phi) is 7.07. The molecule has 3 rings (SSSR count). The Labute approximate surface area is 197 Å². The van der Waals surface area contributed by atoms with Crippen molar-refractivity contribution in [2.45, 2.75) is 45.3 Å². The molecule has 2 aromatic carbocycles. The first-order valence-electron chi connectivity index (χ1n) is 10.3. The highest BCUT2D eigenvalue weighted by Crippen LogP contribution is 2.32. The summed E-state index contributed by atoms with van der Waals surface area (Å²) in [6, 6.07) is 14.2. The van der Waals surface area contributed by atoms with Crippen molar-refractivity contribution in [3.63, 3.8) is 0 Å². The van der Waals surface area contributed by atoms with Gasteiger partial charge in [-0.1, -0.05) is 41.9 Å². The van der Waals surface area contributed by atoms with Gasteiger partial charge in [0.1, 0.15) is 11.1 Å². The predicted molar refractivity (Wildman–Crippen MR) is 123 cm³/mol. The zero-order valence-corrected chi connectivity index (χ0v) is 19.9. The van der Waals surface area contributed by atoms with Crippen LogP contribution in [0.3, 0.4) is 0 Å². The van der Waals surface area contributed by atoms with Crippen molar-refractivity contribution in [3.05, 3.63) is 70.6 Å². The van der Waals surface area contributed by atoms with Gasteiger partial charge in [-0.2, -0.15) is 0 Å². The van der Waals surface area contributed by atoms with Crippen molar-refractivity contribution < 1.29 is 23.5 Å². The monoisotopic (exact) mass is 471 g/mol. The Hall–Kier alpha value is -3.39. The summed E-state index contributed by atoms with van der Waals surface area (Å²) >= 11 is 6.32. The van der Waals surface area contributed by atoms with Gasteiger partial charge in [0.25, 0.3) is 0 Å². The van der Waals surface area contributed by atoms with E-state index in [0.29, 0.717) is 17.0 Å². The molecular formula is C24H26ClN3O5. The fraction of sp³-hybridized carbons (Fsp3) is 0.333. The lowest BCUT2D eigenvalue weighted by Gasteiger charge is -2.29. The molecule has 0 aliphatic heterocycles. The predicted octanol–water partition coefficient (Wildman–Crippen LogP) is 5.16. The van der Waals surface area contributed by atoms with Crippen LogP contribution in [0.4, 0.5) is 4.79 Å². The van der Waals surface area contributed by atoms with Crippen molar-refractivity contribution in [1.29, 1.82) is 0 Å². The highest BCUT2D eigenvalue weighted by atomic mass is 35.5. The molecule has 174 valence electrons. The van der Waals surface area contributed by atoms with Gasteiger partial charge in [0, 0.05) is 6.42 Å². The number of methoxy groups -OCH3 is 1. The summed E-state index contributed by atoms with van der Waals surface area (Å²) in [6.07, 6.45) is -0.253. The maximum atomic E-state index is 12.6. The number of nitrogens with one attached hydrogen (secondary N) is 1. The third kappa shape index (κ3) is 6.10. The fourth-order valence-electron chi connectivity index (χ4n) is 3.20. The molecule has 9 heteroatoms. The summed E-state index contributed by atoms with van der Waals surface area (Å²) in [5.74, 6) is -0.258. The van der Waals surface area contributed by atoms with Crippen LogP contribution in [0, 0.1) is 0 Å². The summed E-state index contributed by atoms with van der Waals surface area (Å²) < 4.78 is 16.2. The van der Waals surface area contributed by atoms with Gasteiger partial charge >= 0.3 is 12.1 Å². The van der Waals surface area contributed by atoms with Gasteiger partial charge in [-0.05, 0) is 51.5 Å². The fourth-order valence-corrected chi connectivity index (χ4v) is 3.39. The highest BCUT2D eigenvalue weighted by Gasteiger charge is 2.37. The number of rotatable bonds is 6. The van der Waals surface area contributed by atoms with Crippen LogP contribution in [0.1, 0.15) is 49.5 Å². The summed E-state index contributed by atoms with van der Waals surface area (Å²) in [6.45, 7) is 7.11. The number of carbonyl (C=O) groups excluding carboxylic acids is 2. The number of alkyl carbamates (subject to hydrolysis) is 1. The SMILES string of the molecule is COC(=O)c1ccc(Cl)c(-c2nnc([C@@](C)(Cc3ccccc3)NC(=O)OC(C)(C)C)o2)c1. The van der Waals surface area contributed by atoms with Crippen LogP contribution in [0.5, 0.6) is 0 Å². The van der Waals surface area contributed by atoms with Gasteiger partial charge < -0.3 is 19.2 Å². The lowest BCUT2D eigenvalue weighted by atomic mass is 9.92. The molecule has 0 fully saturated rings. The van der Waals surface area contributed by atoms with E-state index >= 15 is 0 Å². The number of halogens is 1. The van der Waals surface area contributed by atoms with Crippen LogP contribution in [0.2, 0.25) is 5.02 Å². The second-order valence-corrected chi connectivity index (χ2v) is 9.13. The Morgan fingerprint density at radius 2 is 1.76 bits per heavy atom. The molecular weight excluding hydrogens is 446 g/mol. The Bertz CT molecular complexity index is 1140. The number of benzene rings is 2. The van der Waals surface area contributed by atoms with Crippen molar-refractivity contribution in [2.75, 3.05) is 7.11 Å². The third-order valence-electron chi connectivity index (χ3n) is 4.69. The number of esters is 1. The number of ether oxygens (including phenoxy) is 2. The molecule has 0 radical (unpaired) electrons. The summed E-state index contributed by atoms with van der Waals surface area (Å²) in [4.78, 5) is 24.5. The molecule has 0 bridgehead atoms. The molecule has 0 spiro atoms. The summed E-state index contributed by atoms with van der Waals surface area (Å²) in [7, 11) is 1.29. The van der Waals surface area contributed by atoms with E-state index in [4.69, 9.17) is 25.5 Å². The Morgan fingerprint density at radius 3 is 2.39 bits per heavy atom. The quantitative estimate of drug-likeness (QED) is 0.495. The first-order valence-corrected chi connectivity index (χ1v) is 10.7. The molecule has 1 N–H and O–H groups in total. The van der Waals surface area contributed by atoms with E-state index in [9.17, 15) is 9.59 Å². The van der Waals surface area contributed by atoms with Crippen molar-refractivity contribution in [2.24, 2.45) is 0 Å². The zero-order valence-electron chi connectivity index (χ0n) is 19.1. The first kappa shape index (κ1) is 24.3. The molecule has 1 aromatic heterocycles. The second kappa shape index (κ2) is 9.62. The smallest absolute Gasteiger partial charge is 0.408 e. The first-order chi connectivity index (χ1) is 15.5. The Balaban J connectivity index is 1.99. The van der Waals surface area contributed by atoms with Crippen molar-refractivity contribution in [3.8, 4) is 11.5 Å². The maximum Gasteiger partial charge on any atom is 0.408 e. The van der Waals surface area contributed by atoms with Crippen molar-refractivity contribution in [1.82, 2.24) is 15.5 Å². The van der Waals surface area contributed by atoms with Crippen LogP contribution < -0.4 is 5.32 Å². The van der Waals surface area contributed by atoms with Crippen LogP contribution in [0.15, 0.2) is 52.9 Å². The molecule has 0 saturated carbocycles. The number of carbonyl (C=O) groups is 2. The third-order valence-corrected chi connectivity index (χ3v) is 5.02. The summed E-state index contributed by atoms with van der Waals surface area (Å²) in [5.41, 5.74) is -0.157. The molecule has 3 aromatic rings. The molecule has 8 nitrogen and oxygen atoms in total. The number of amides is 1. The van der Waals surface area contributed by atoms with Crippen LogP contribution in [-0.2, 0) is 21.4 Å². The van der Waals surface area contributed by atoms with E-state index in [2.05, 4.69) is 15.5 Å². The molecule has 1 atom stereocenters. The molecule has 0 aliphatic rings. The average Bonchev–Trinajstić information content (AvgIpc) is 3.23. The van der Waals surface area contributed by atoms with Gasteiger partial charge in [0.15, 0.2) is 0 Å². The van der Waals surface area contributed by atoms with E-state index < -0.39 is 23.2 Å². The van der Waals surface area contributed by atoms with E-state index in [-0.39, 0.29) is 17.3 Å². The number of hydrogen-bond acceptors (Lipinski definition) is 7. The second-order valence-electron chi connectivity index (χ2n) is 8.72. The van der Waals surface area contributed by atoms with Gasteiger partial charge in [-0.25, -0.2) is 9.59 Å². The molecule has 0 saturated heterocycles. The van der Waals surface area contributed by atoms with Crippen LogP contribution >= 0.6 is 11.6 Å². The Morgan fingerprint density at radius 1 is 1.06 bits per heavy atom. The normalized spacial score (nSPS) is 13.2. The number of hydrogen-bond donors (Lipinski definition) is 1. The number of nitrogens with zero attached hydrogens (tertiary/aromatic N) is 2. The standard InChI is InChI=1S/C24H26ClN3O5/c1-23(2,3)33-22(30)26-24(4,14-15-9-7-6-8-10-15)21-28-27-19(32-21)17-13-16(20(29)31-5)11-12-18(17)25/h6-13H,14H2,1-5H3,(H,26,30)/t24-/m1/s1. The molecule has 1 amide bonds. The minimum absolute atomic E-state index is 0.103. The van der Waals surface area contributed by atoms with Gasteiger partial charge in [-0.15, -0.1) is 10.2 Å². The number of aromatic nitrogens is 2. The van der Waals surface area contributed by atoms with E-state index in [1.54, 1.807) is 39.8 Å².